The molecule has 18 heavy (non-hydrogen) atoms. The third-order valence-electron chi connectivity index (χ3n) is 1.71. The lowest BCUT2D eigenvalue weighted by Gasteiger charge is -2.07. The third kappa shape index (κ3) is 4.58. The van der Waals surface area contributed by atoms with Crippen LogP contribution in [0.15, 0.2) is 23.3 Å². The molecular weight excluding hydrogens is 276 g/mol. The Balaban J connectivity index is 0.00000289. The fraction of sp³-hybridized carbons (Fsp3) is 0.111. The van der Waals surface area contributed by atoms with Gasteiger partial charge in [-0.25, -0.2) is 9.82 Å². The van der Waals surface area contributed by atoms with Gasteiger partial charge in [0.15, 0.2) is 0 Å². The van der Waals surface area contributed by atoms with E-state index in [0.29, 0.717) is 18.2 Å². The van der Waals surface area contributed by atoms with E-state index in [9.17, 15) is 17.6 Å². The van der Waals surface area contributed by atoms with Crippen LogP contribution in [0.1, 0.15) is 11.1 Å². The smallest absolute Gasteiger partial charge is 0.369 e. The van der Waals surface area contributed by atoms with Crippen LogP contribution >= 0.6 is 12.4 Å². The highest BCUT2D eigenvalue weighted by molar-refractivity contribution is 5.85. The molecule has 1 rings (SSSR count). The van der Waals surface area contributed by atoms with Gasteiger partial charge in [-0.1, -0.05) is 0 Å². The van der Waals surface area contributed by atoms with Crippen molar-refractivity contribution in [3.8, 4) is 0 Å². The van der Waals surface area contributed by atoms with Crippen LogP contribution in [-0.4, -0.2) is 12.2 Å². The highest BCUT2D eigenvalue weighted by Gasteiger charge is 2.30. The van der Waals surface area contributed by atoms with Gasteiger partial charge in [-0.05, 0) is 18.2 Å². The van der Waals surface area contributed by atoms with Gasteiger partial charge in [0.05, 0.1) is 11.8 Å². The standard InChI is InChI=1S/C9H8F4N4.ClH/c10-7-2-1-6(9(11,12)13)3-5(7)4-16-17-8(14)15;/h1-4H,(H4,14,15,17);1H/b16-4+;. The third-order valence-corrected chi connectivity index (χ3v) is 1.71. The summed E-state index contributed by atoms with van der Waals surface area (Å²) in [5, 5.41) is 10.0. The van der Waals surface area contributed by atoms with Crippen LogP contribution in [0.3, 0.4) is 0 Å². The Labute approximate surface area is 106 Å². The van der Waals surface area contributed by atoms with Crippen LogP contribution in [0, 0.1) is 11.2 Å². The number of alkyl halides is 3. The molecule has 100 valence electrons. The zero-order valence-electron chi connectivity index (χ0n) is 8.75. The van der Waals surface area contributed by atoms with Gasteiger partial charge >= 0.3 is 6.18 Å². The molecule has 0 saturated heterocycles. The first kappa shape index (κ1) is 16.2. The average Bonchev–Trinajstić information content (AvgIpc) is 2.18. The molecule has 0 saturated carbocycles. The van der Waals surface area contributed by atoms with Gasteiger partial charge in [-0.3, -0.25) is 5.41 Å². The van der Waals surface area contributed by atoms with Gasteiger partial charge in [-0.2, -0.15) is 18.3 Å². The van der Waals surface area contributed by atoms with E-state index in [0.717, 1.165) is 6.21 Å². The zero-order valence-corrected chi connectivity index (χ0v) is 9.57. The highest BCUT2D eigenvalue weighted by atomic mass is 35.5. The molecule has 0 aliphatic heterocycles. The van der Waals surface area contributed by atoms with Gasteiger partial charge in [0.25, 0.3) is 0 Å². The number of benzene rings is 1. The van der Waals surface area contributed by atoms with E-state index in [4.69, 9.17) is 11.1 Å². The summed E-state index contributed by atoms with van der Waals surface area (Å²) in [7, 11) is 0. The van der Waals surface area contributed by atoms with Crippen molar-refractivity contribution in [2.45, 2.75) is 6.18 Å². The number of nitrogens with one attached hydrogen (secondary N) is 2. The first-order valence-electron chi connectivity index (χ1n) is 4.30. The fourth-order valence-corrected chi connectivity index (χ4v) is 0.990. The van der Waals surface area contributed by atoms with Crippen molar-refractivity contribution in [2.75, 3.05) is 0 Å². The first-order chi connectivity index (χ1) is 7.80. The Morgan fingerprint density at radius 3 is 2.50 bits per heavy atom. The molecule has 0 atom stereocenters. The number of hydrazone groups is 1. The minimum Gasteiger partial charge on any atom is -0.369 e. The number of halogens is 5. The van der Waals surface area contributed by atoms with Gasteiger partial charge < -0.3 is 5.73 Å². The molecule has 4 nitrogen and oxygen atoms in total. The van der Waals surface area contributed by atoms with Crippen LogP contribution in [-0.2, 0) is 6.18 Å². The number of hydrogen-bond donors (Lipinski definition) is 3. The maximum atomic E-state index is 13.1. The van der Waals surface area contributed by atoms with Crippen molar-refractivity contribution in [3.63, 3.8) is 0 Å². The Hall–Kier alpha value is -1.83. The molecule has 0 bridgehead atoms. The zero-order chi connectivity index (χ0) is 13.1. The first-order valence-corrected chi connectivity index (χ1v) is 4.30. The summed E-state index contributed by atoms with van der Waals surface area (Å²) in [6.45, 7) is 0. The van der Waals surface area contributed by atoms with Gasteiger partial charge in [0.2, 0.25) is 5.96 Å². The minimum atomic E-state index is -4.55. The predicted octanol–water partition coefficient (Wildman–Crippen LogP) is 2.08. The number of nitrogens with two attached hydrogens (primary N) is 1. The summed E-state index contributed by atoms with van der Waals surface area (Å²) in [5.41, 5.74) is 5.50. The fourth-order valence-electron chi connectivity index (χ4n) is 0.990. The molecule has 9 heteroatoms. The second kappa shape index (κ2) is 6.20. The Bertz CT molecular complexity index is 458. The SMILES string of the molecule is Cl.N=C(N)N/N=C/c1cc(C(F)(F)F)ccc1F. The number of rotatable bonds is 2. The number of nitrogens with zero attached hydrogens (tertiary/aromatic N) is 1. The number of hydrogen-bond acceptors (Lipinski definition) is 2. The van der Waals surface area contributed by atoms with E-state index < -0.39 is 23.5 Å². The van der Waals surface area contributed by atoms with Gasteiger partial charge in [-0.15, -0.1) is 12.4 Å². The molecular formula is C9H9ClF4N4. The average molecular weight is 285 g/mol. The topological polar surface area (TPSA) is 74.3 Å². The van der Waals surface area contributed by atoms with Crippen LogP contribution in [0.25, 0.3) is 0 Å². The van der Waals surface area contributed by atoms with E-state index >= 15 is 0 Å². The quantitative estimate of drug-likeness (QED) is 0.337. The monoisotopic (exact) mass is 284 g/mol. The maximum Gasteiger partial charge on any atom is 0.416 e. The summed E-state index contributed by atoms with van der Waals surface area (Å²) in [6, 6.07) is 1.93. The summed E-state index contributed by atoms with van der Waals surface area (Å²) in [5.74, 6) is -1.36. The van der Waals surface area contributed by atoms with Crippen molar-refractivity contribution in [3.05, 3.63) is 35.1 Å². The molecule has 0 aliphatic carbocycles. The maximum absolute atomic E-state index is 13.1. The van der Waals surface area contributed by atoms with Crippen LogP contribution in [0.5, 0.6) is 0 Å². The largest absolute Gasteiger partial charge is 0.416 e. The highest BCUT2D eigenvalue weighted by Crippen LogP contribution is 2.29. The second-order valence-corrected chi connectivity index (χ2v) is 3.02. The van der Waals surface area contributed by atoms with E-state index in [2.05, 4.69) is 5.10 Å². The van der Waals surface area contributed by atoms with Gasteiger partial charge in [0.1, 0.15) is 5.82 Å². The normalized spacial score (nSPS) is 11.1. The molecule has 0 aromatic heterocycles. The van der Waals surface area contributed by atoms with Crippen LogP contribution < -0.4 is 11.2 Å². The molecule has 0 unspecified atom stereocenters. The lowest BCUT2D eigenvalue weighted by atomic mass is 10.1. The molecule has 1 aromatic carbocycles. The number of guanidine groups is 1. The summed E-state index contributed by atoms with van der Waals surface area (Å²) < 4.78 is 50.1. The molecule has 0 radical (unpaired) electrons. The van der Waals surface area contributed by atoms with Crippen LogP contribution in [0.2, 0.25) is 0 Å². The van der Waals surface area contributed by atoms with Crippen molar-refractivity contribution in [1.29, 1.82) is 5.41 Å². The molecule has 0 spiro atoms. The summed E-state index contributed by atoms with van der Waals surface area (Å²) in [4.78, 5) is 0. The second-order valence-electron chi connectivity index (χ2n) is 3.02. The van der Waals surface area contributed by atoms with E-state index in [1.807, 2.05) is 5.43 Å². The molecule has 0 fully saturated rings. The molecule has 0 heterocycles. The molecule has 0 amide bonds. The Morgan fingerprint density at radius 2 is 2.00 bits per heavy atom. The minimum absolute atomic E-state index is 0. The van der Waals surface area contributed by atoms with Crippen molar-refractivity contribution in [1.82, 2.24) is 5.43 Å². The van der Waals surface area contributed by atoms with Crippen molar-refractivity contribution < 1.29 is 17.6 Å². The van der Waals surface area contributed by atoms with Crippen LogP contribution in [0.4, 0.5) is 17.6 Å². The predicted molar refractivity (Wildman–Crippen MR) is 61.3 cm³/mol. The van der Waals surface area contributed by atoms with Crippen molar-refractivity contribution in [2.24, 2.45) is 10.8 Å². The molecule has 1 aromatic rings. The summed E-state index contributed by atoms with van der Waals surface area (Å²) in [6.07, 6.45) is -3.74. The van der Waals surface area contributed by atoms with E-state index in [1.54, 1.807) is 0 Å². The lowest BCUT2D eigenvalue weighted by molar-refractivity contribution is -0.137. The van der Waals surface area contributed by atoms with Gasteiger partial charge in [0, 0.05) is 5.56 Å². The Morgan fingerprint density at radius 1 is 1.39 bits per heavy atom. The van der Waals surface area contributed by atoms with E-state index in [1.165, 1.54) is 0 Å². The Kier molecular flexibility index (Phi) is 5.57. The van der Waals surface area contributed by atoms with Crippen molar-refractivity contribution >= 4 is 24.6 Å². The molecule has 4 N–H and O–H groups in total. The lowest BCUT2D eigenvalue weighted by Crippen LogP contribution is -2.25. The summed E-state index contributed by atoms with van der Waals surface area (Å²) >= 11 is 0. The van der Waals surface area contributed by atoms with E-state index in [-0.39, 0.29) is 18.0 Å². The molecule has 0 aliphatic rings.